The van der Waals surface area contributed by atoms with E-state index in [0.717, 1.165) is 0 Å². The minimum absolute atomic E-state index is 0.151. The van der Waals surface area contributed by atoms with Crippen LogP contribution in [0.15, 0.2) is 36.8 Å². The first-order valence-electron chi connectivity index (χ1n) is 5.25. The summed E-state index contributed by atoms with van der Waals surface area (Å²) in [4.78, 5) is 7.80. The van der Waals surface area contributed by atoms with Crippen LogP contribution in [0.25, 0.3) is 0 Å². The molecule has 1 unspecified atom stereocenters. The summed E-state index contributed by atoms with van der Waals surface area (Å²) < 4.78 is 18.4. The van der Waals surface area contributed by atoms with Gasteiger partial charge in [0.2, 0.25) is 0 Å². The van der Waals surface area contributed by atoms with E-state index in [2.05, 4.69) is 16.0 Å². The Balaban J connectivity index is 2.41. The number of methoxy groups -OCH3 is 1. The third kappa shape index (κ3) is 2.28. The lowest BCUT2D eigenvalue weighted by Gasteiger charge is -2.10. The van der Waals surface area contributed by atoms with Gasteiger partial charge in [0.25, 0.3) is 0 Å². The highest BCUT2D eigenvalue weighted by Gasteiger charge is 2.16. The maximum atomic E-state index is 13.6. The number of hydrogen-bond acceptors (Lipinski definition) is 4. The van der Waals surface area contributed by atoms with E-state index in [0.29, 0.717) is 11.3 Å². The molecule has 90 valence electrons. The van der Waals surface area contributed by atoms with E-state index >= 15 is 0 Å². The molecule has 1 aromatic carbocycles. The van der Waals surface area contributed by atoms with Gasteiger partial charge >= 0.3 is 0 Å². The smallest absolute Gasteiger partial charge is 0.165 e. The first kappa shape index (κ1) is 12.0. The van der Waals surface area contributed by atoms with Crippen LogP contribution < -0.4 is 4.74 Å². The molecule has 2 aromatic rings. The molecule has 1 aromatic heterocycles. The summed E-state index contributed by atoms with van der Waals surface area (Å²) >= 11 is 0. The Labute approximate surface area is 104 Å². The number of hydrogen-bond donors (Lipinski definition) is 0. The quantitative estimate of drug-likeness (QED) is 0.829. The molecule has 1 heterocycles. The molecular formula is C13H10FN3O. The predicted octanol–water partition coefficient (Wildman–Crippen LogP) is 2.28. The van der Waals surface area contributed by atoms with Crippen molar-refractivity contribution in [2.75, 3.05) is 7.11 Å². The van der Waals surface area contributed by atoms with E-state index in [1.165, 1.54) is 25.6 Å². The fourth-order valence-corrected chi connectivity index (χ4v) is 1.65. The van der Waals surface area contributed by atoms with Crippen molar-refractivity contribution >= 4 is 0 Å². The van der Waals surface area contributed by atoms with Gasteiger partial charge in [-0.3, -0.25) is 0 Å². The van der Waals surface area contributed by atoms with E-state index in [4.69, 9.17) is 4.74 Å². The second kappa shape index (κ2) is 5.23. The molecule has 0 aliphatic heterocycles. The van der Waals surface area contributed by atoms with Gasteiger partial charge in [0.15, 0.2) is 11.6 Å². The van der Waals surface area contributed by atoms with Gasteiger partial charge in [-0.25, -0.2) is 14.4 Å². The average molecular weight is 243 g/mol. The van der Waals surface area contributed by atoms with Crippen molar-refractivity contribution in [2.45, 2.75) is 5.92 Å². The Morgan fingerprint density at radius 3 is 2.78 bits per heavy atom. The molecule has 0 bridgehead atoms. The molecule has 5 heteroatoms. The molecule has 4 nitrogen and oxygen atoms in total. The van der Waals surface area contributed by atoms with Gasteiger partial charge in [-0.2, -0.15) is 5.26 Å². The molecule has 1 atom stereocenters. The zero-order valence-corrected chi connectivity index (χ0v) is 9.67. The molecule has 0 spiro atoms. The Bertz CT molecular complexity index is 581. The number of benzene rings is 1. The standard InChI is InChI=1S/C13H10FN3O/c1-18-13-3-2-9(6-11(13)14)10(7-15)12-4-5-16-8-17-12/h2-6,8,10H,1H3. The van der Waals surface area contributed by atoms with Crippen molar-refractivity contribution < 1.29 is 9.13 Å². The number of halogens is 1. The SMILES string of the molecule is COc1ccc(C(C#N)c2ccncn2)cc1F. The fraction of sp³-hybridized carbons (Fsp3) is 0.154. The maximum Gasteiger partial charge on any atom is 0.165 e. The summed E-state index contributed by atoms with van der Waals surface area (Å²) in [5, 5.41) is 9.19. The van der Waals surface area contributed by atoms with Crippen LogP contribution in [0, 0.1) is 17.1 Å². The first-order chi connectivity index (χ1) is 8.76. The van der Waals surface area contributed by atoms with Crippen LogP contribution in [-0.2, 0) is 0 Å². The molecule has 0 amide bonds. The zero-order valence-electron chi connectivity index (χ0n) is 9.67. The van der Waals surface area contributed by atoms with Crippen molar-refractivity contribution in [1.29, 1.82) is 5.26 Å². The number of nitriles is 1. The predicted molar refractivity (Wildman–Crippen MR) is 62.4 cm³/mol. The highest BCUT2D eigenvalue weighted by Crippen LogP contribution is 2.26. The van der Waals surface area contributed by atoms with Crippen LogP contribution in [0.5, 0.6) is 5.75 Å². The highest BCUT2D eigenvalue weighted by molar-refractivity contribution is 5.38. The summed E-state index contributed by atoms with van der Waals surface area (Å²) in [6, 6.07) is 8.17. The molecule has 0 N–H and O–H groups in total. The lowest BCUT2D eigenvalue weighted by atomic mass is 9.97. The lowest BCUT2D eigenvalue weighted by Crippen LogP contribution is -2.02. The van der Waals surface area contributed by atoms with Crippen LogP contribution in [0.2, 0.25) is 0 Å². The van der Waals surface area contributed by atoms with Gasteiger partial charge in [0, 0.05) is 6.20 Å². The number of nitrogens with zero attached hydrogens (tertiary/aromatic N) is 3. The van der Waals surface area contributed by atoms with E-state index in [-0.39, 0.29) is 5.75 Å². The van der Waals surface area contributed by atoms with Gasteiger partial charge in [0.05, 0.1) is 18.9 Å². The Hall–Kier alpha value is -2.48. The largest absolute Gasteiger partial charge is 0.494 e. The topological polar surface area (TPSA) is 58.8 Å². The second-order valence-electron chi connectivity index (χ2n) is 3.59. The molecule has 0 aliphatic rings. The lowest BCUT2D eigenvalue weighted by molar-refractivity contribution is 0.386. The number of ether oxygens (including phenoxy) is 1. The van der Waals surface area contributed by atoms with Gasteiger partial charge in [-0.05, 0) is 23.8 Å². The Morgan fingerprint density at radius 2 is 2.22 bits per heavy atom. The van der Waals surface area contributed by atoms with Gasteiger partial charge in [-0.15, -0.1) is 0 Å². The average Bonchev–Trinajstić information content (AvgIpc) is 2.41. The highest BCUT2D eigenvalue weighted by atomic mass is 19.1. The van der Waals surface area contributed by atoms with Crippen LogP contribution in [0.1, 0.15) is 17.2 Å². The molecule has 0 saturated carbocycles. The van der Waals surface area contributed by atoms with Crippen molar-refractivity contribution in [3.63, 3.8) is 0 Å². The molecule has 0 saturated heterocycles. The zero-order chi connectivity index (χ0) is 13.0. The van der Waals surface area contributed by atoms with Crippen molar-refractivity contribution in [1.82, 2.24) is 9.97 Å². The van der Waals surface area contributed by atoms with Crippen LogP contribution in [0.3, 0.4) is 0 Å². The molecule has 2 rings (SSSR count). The third-order valence-corrected chi connectivity index (χ3v) is 2.54. The first-order valence-corrected chi connectivity index (χ1v) is 5.25. The molecule has 0 aliphatic carbocycles. The van der Waals surface area contributed by atoms with E-state index in [9.17, 15) is 9.65 Å². The van der Waals surface area contributed by atoms with Crippen molar-refractivity contribution in [3.05, 3.63) is 53.9 Å². The van der Waals surface area contributed by atoms with Gasteiger partial charge in [-0.1, -0.05) is 6.07 Å². The normalized spacial score (nSPS) is 11.6. The monoisotopic (exact) mass is 243 g/mol. The summed E-state index contributed by atoms with van der Waals surface area (Å²) in [6.45, 7) is 0. The summed E-state index contributed by atoms with van der Waals surface area (Å²) in [7, 11) is 1.39. The number of aromatic nitrogens is 2. The third-order valence-electron chi connectivity index (χ3n) is 2.54. The Morgan fingerprint density at radius 1 is 1.39 bits per heavy atom. The molecule has 18 heavy (non-hydrogen) atoms. The van der Waals surface area contributed by atoms with Crippen LogP contribution in [-0.4, -0.2) is 17.1 Å². The molecule has 0 fully saturated rings. The van der Waals surface area contributed by atoms with Crippen LogP contribution >= 0.6 is 0 Å². The fourth-order valence-electron chi connectivity index (χ4n) is 1.65. The maximum absolute atomic E-state index is 13.6. The van der Waals surface area contributed by atoms with Crippen molar-refractivity contribution in [3.8, 4) is 11.8 Å². The summed E-state index contributed by atoms with van der Waals surface area (Å²) in [5.74, 6) is -0.962. The Kier molecular flexibility index (Phi) is 3.49. The second-order valence-corrected chi connectivity index (χ2v) is 3.59. The number of rotatable bonds is 3. The van der Waals surface area contributed by atoms with Gasteiger partial charge in [0.1, 0.15) is 12.2 Å². The van der Waals surface area contributed by atoms with E-state index in [1.807, 2.05) is 0 Å². The molecule has 0 radical (unpaired) electrons. The molecular weight excluding hydrogens is 233 g/mol. The van der Waals surface area contributed by atoms with Gasteiger partial charge < -0.3 is 4.74 Å². The minimum atomic E-state index is -0.617. The minimum Gasteiger partial charge on any atom is -0.494 e. The summed E-state index contributed by atoms with van der Waals surface area (Å²) in [6.07, 6.45) is 2.91. The van der Waals surface area contributed by atoms with E-state index in [1.54, 1.807) is 18.3 Å². The summed E-state index contributed by atoms with van der Waals surface area (Å²) in [5.41, 5.74) is 1.08. The van der Waals surface area contributed by atoms with Crippen molar-refractivity contribution in [2.24, 2.45) is 0 Å². The van der Waals surface area contributed by atoms with E-state index < -0.39 is 11.7 Å². The van der Waals surface area contributed by atoms with Crippen LogP contribution in [0.4, 0.5) is 4.39 Å².